The van der Waals surface area contributed by atoms with Crippen LogP contribution in [0.5, 0.6) is 0 Å². The average Bonchev–Trinajstić information content (AvgIpc) is 2.38. The third-order valence-corrected chi connectivity index (χ3v) is 3.88. The van der Waals surface area contributed by atoms with Crippen LogP contribution < -0.4 is 0 Å². The highest BCUT2D eigenvalue weighted by Crippen LogP contribution is 2.20. The number of carbonyl (C=O) groups excluding carboxylic acids is 1. The van der Waals surface area contributed by atoms with Crippen LogP contribution in [0.2, 0.25) is 0 Å². The van der Waals surface area contributed by atoms with Gasteiger partial charge in [-0.2, -0.15) is 0 Å². The predicted molar refractivity (Wildman–Crippen MR) is 79.7 cm³/mol. The number of rotatable bonds is 4. The van der Waals surface area contributed by atoms with E-state index in [0.717, 1.165) is 13.1 Å². The van der Waals surface area contributed by atoms with Crippen LogP contribution in [0.25, 0.3) is 0 Å². The Morgan fingerprint density at radius 1 is 1.24 bits per heavy atom. The number of carboxylic acids is 1. The van der Waals surface area contributed by atoms with Crippen molar-refractivity contribution in [3.8, 4) is 0 Å². The maximum Gasteiger partial charge on any atom is 0.305 e. The zero-order chi connectivity index (χ0) is 15.4. The Morgan fingerprint density at radius 2 is 1.90 bits per heavy atom. The summed E-state index contributed by atoms with van der Waals surface area (Å²) in [6, 6.07) is 9.88. The number of hydrogen-bond donors (Lipinski definition) is 1. The van der Waals surface area contributed by atoms with Gasteiger partial charge in [-0.15, -0.1) is 0 Å². The van der Waals surface area contributed by atoms with Gasteiger partial charge in [-0.25, -0.2) is 0 Å². The summed E-state index contributed by atoms with van der Waals surface area (Å²) in [5.74, 6) is -0.909. The molecular weight excluding hydrogens is 268 g/mol. The number of piperazine rings is 1. The molecule has 0 aliphatic carbocycles. The van der Waals surface area contributed by atoms with E-state index in [0.29, 0.717) is 6.54 Å². The standard InChI is InChI=1S/C16H22N2O3/c1-12-9-17(10-14-6-4-3-5-7-14)11-15(8-16(20)21)18(12)13(2)19/h3-7,12,15H,8-11H2,1-2H3,(H,20,21)/t12-,15+/m1/s1. The largest absolute Gasteiger partial charge is 0.481 e. The van der Waals surface area contributed by atoms with Crippen LogP contribution in [0.4, 0.5) is 0 Å². The third kappa shape index (κ3) is 4.04. The van der Waals surface area contributed by atoms with Gasteiger partial charge in [-0.05, 0) is 12.5 Å². The summed E-state index contributed by atoms with van der Waals surface area (Å²) in [7, 11) is 0. The molecular formula is C16H22N2O3. The number of amides is 1. The van der Waals surface area contributed by atoms with E-state index in [9.17, 15) is 9.59 Å². The van der Waals surface area contributed by atoms with Gasteiger partial charge in [0.2, 0.25) is 5.91 Å². The summed E-state index contributed by atoms with van der Waals surface area (Å²) < 4.78 is 0. The van der Waals surface area contributed by atoms with Crippen molar-refractivity contribution in [3.05, 3.63) is 35.9 Å². The number of carboxylic acid groups (broad SMARTS) is 1. The molecule has 0 spiro atoms. The molecule has 1 aromatic carbocycles. The first-order chi connectivity index (χ1) is 9.97. The predicted octanol–water partition coefficient (Wildman–Crippen LogP) is 1.58. The first kappa shape index (κ1) is 15.5. The molecule has 1 aromatic rings. The van der Waals surface area contributed by atoms with Gasteiger partial charge in [0.1, 0.15) is 0 Å². The van der Waals surface area contributed by atoms with Crippen LogP contribution in [0, 0.1) is 0 Å². The van der Waals surface area contributed by atoms with Crippen LogP contribution in [-0.4, -0.2) is 52.0 Å². The van der Waals surface area contributed by atoms with Crippen molar-refractivity contribution in [2.45, 2.75) is 38.9 Å². The normalized spacial score (nSPS) is 23.0. The monoisotopic (exact) mass is 290 g/mol. The van der Waals surface area contributed by atoms with Crippen molar-refractivity contribution in [1.29, 1.82) is 0 Å². The zero-order valence-electron chi connectivity index (χ0n) is 12.5. The smallest absolute Gasteiger partial charge is 0.305 e. The molecule has 0 bridgehead atoms. The van der Waals surface area contributed by atoms with Crippen molar-refractivity contribution < 1.29 is 14.7 Å². The Kier molecular flexibility index (Phi) is 4.96. The molecule has 1 aliphatic heterocycles. The fourth-order valence-corrected chi connectivity index (χ4v) is 3.18. The lowest BCUT2D eigenvalue weighted by atomic mass is 10.0. The second-order valence-corrected chi connectivity index (χ2v) is 5.71. The SMILES string of the molecule is CC(=O)N1[C@@H](CC(=O)O)CN(Cc2ccccc2)C[C@H]1C. The lowest BCUT2D eigenvalue weighted by molar-refractivity contribution is -0.144. The summed E-state index contributed by atoms with van der Waals surface area (Å²) in [6.45, 7) is 5.65. The first-order valence-electron chi connectivity index (χ1n) is 7.24. The molecule has 0 radical (unpaired) electrons. The van der Waals surface area contributed by atoms with E-state index in [1.807, 2.05) is 25.1 Å². The highest BCUT2D eigenvalue weighted by molar-refractivity contribution is 5.75. The summed E-state index contributed by atoms with van der Waals surface area (Å²) in [5.41, 5.74) is 1.20. The molecule has 0 saturated carbocycles. The van der Waals surface area contributed by atoms with Crippen LogP contribution in [0.3, 0.4) is 0 Å². The third-order valence-electron chi connectivity index (χ3n) is 3.88. The van der Waals surface area contributed by atoms with Crippen molar-refractivity contribution in [3.63, 3.8) is 0 Å². The molecule has 5 nitrogen and oxygen atoms in total. The van der Waals surface area contributed by atoms with Gasteiger partial charge < -0.3 is 10.0 Å². The van der Waals surface area contributed by atoms with Crippen LogP contribution in [0.1, 0.15) is 25.8 Å². The average molecular weight is 290 g/mol. The molecule has 1 aliphatic rings. The molecule has 2 rings (SSSR count). The number of benzene rings is 1. The lowest BCUT2D eigenvalue weighted by Crippen LogP contribution is -2.59. The zero-order valence-corrected chi connectivity index (χ0v) is 12.5. The van der Waals surface area contributed by atoms with Crippen molar-refractivity contribution in [2.24, 2.45) is 0 Å². The van der Waals surface area contributed by atoms with Gasteiger partial charge >= 0.3 is 5.97 Å². The van der Waals surface area contributed by atoms with Crippen LogP contribution in [0.15, 0.2) is 30.3 Å². The Bertz CT molecular complexity index is 504. The van der Waals surface area contributed by atoms with Gasteiger partial charge in [-0.1, -0.05) is 30.3 Å². The molecule has 1 fully saturated rings. The highest BCUT2D eigenvalue weighted by Gasteiger charge is 2.34. The van der Waals surface area contributed by atoms with Crippen molar-refractivity contribution >= 4 is 11.9 Å². The molecule has 1 saturated heterocycles. The Labute approximate surface area is 125 Å². The minimum Gasteiger partial charge on any atom is -0.481 e. The molecule has 2 atom stereocenters. The highest BCUT2D eigenvalue weighted by atomic mass is 16.4. The Morgan fingerprint density at radius 3 is 2.48 bits per heavy atom. The van der Waals surface area contributed by atoms with Crippen molar-refractivity contribution in [1.82, 2.24) is 9.80 Å². The van der Waals surface area contributed by atoms with Gasteiger partial charge in [0.05, 0.1) is 12.5 Å². The van der Waals surface area contributed by atoms with Gasteiger partial charge in [-0.3, -0.25) is 14.5 Å². The van der Waals surface area contributed by atoms with Gasteiger partial charge in [0.15, 0.2) is 0 Å². The second-order valence-electron chi connectivity index (χ2n) is 5.71. The topological polar surface area (TPSA) is 60.9 Å². The molecule has 21 heavy (non-hydrogen) atoms. The number of nitrogens with zero attached hydrogens (tertiary/aromatic N) is 2. The number of carbonyl (C=O) groups is 2. The molecule has 0 aromatic heterocycles. The molecule has 0 unspecified atom stereocenters. The fourth-order valence-electron chi connectivity index (χ4n) is 3.18. The second kappa shape index (κ2) is 6.72. The maximum absolute atomic E-state index is 11.8. The van der Waals surface area contributed by atoms with E-state index in [-0.39, 0.29) is 24.4 Å². The summed E-state index contributed by atoms with van der Waals surface area (Å²) in [5, 5.41) is 9.07. The molecule has 5 heteroatoms. The Balaban J connectivity index is 2.09. The van der Waals surface area contributed by atoms with Gasteiger partial charge in [0.25, 0.3) is 0 Å². The van der Waals surface area contributed by atoms with Gasteiger partial charge in [0, 0.05) is 32.6 Å². The summed E-state index contributed by atoms with van der Waals surface area (Å²) >= 11 is 0. The van der Waals surface area contributed by atoms with E-state index >= 15 is 0 Å². The van der Waals surface area contributed by atoms with E-state index in [4.69, 9.17) is 5.11 Å². The summed E-state index contributed by atoms with van der Waals surface area (Å²) in [4.78, 5) is 26.8. The quantitative estimate of drug-likeness (QED) is 0.914. The van der Waals surface area contributed by atoms with E-state index in [1.54, 1.807) is 4.90 Å². The molecule has 1 amide bonds. The summed E-state index contributed by atoms with van der Waals surface area (Å²) in [6.07, 6.45) is -0.00475. The van der Waals surface area contributed by atoms with E-state index < -0.39 is 5.97 Å². The maximum atomic E-state index is 11.8. The van der Waals surface area contributed by atoms with Crippen LogP contribution >= 0.6 is 0 Å². The van der Waals surface area contributed by atoms with Crippen molar-refractivity contribution in [2.75, 3.05) is 13.1 Å². The van der Waals surface area contributed by atoms with E-state index in [2.05, 4.69) is 17.0 Å². The number of hydrogen-bond acceptors (Lipinski definition) is 3. The minimum absolute atomic E-state index is 0.00475. The van der Waals surface area contributed by atoms with Crippen LogP contribution in [-0.2, 0) is 16.1 Å². The minimum atomic E-state index is -0.861. The Hall–Kier alpha value is -1.88. The molecule has 1 N–H and O–H groups in total. The molecule has 1 heterocycles. The lowest BCUT2D eigenvalue weighted by Gasteiger charge is -2.45. The molecule has 114 valence electrons. The van der Waals surface area contributed by atoms with E-state index in [1.165, 1.54) is 12.5 Å². The number of aliphatic carboxylic acids is 1. The fraction of sp³-hybridized carbons (Fsp3) is 0.500. The first-order valence-corrected chi connectivity index (χ1v) is 7.24.